The minimum Gasteiger partial charge on any atom is -0.494 e. The van der Waals surface area contributed by atoms with Gasteiger partial charge >= 0.3 is 0 Å². The molecule has 1 aromatic rings. The first-order valence-corrected chi connectivity index (χ1v) is 6.34. The molecule has 19 heavy (non-hydrogen) atoms. The first kappa shape index (κ1) is 17.4. The normalized spacial score (nSPS) is 9.32. The molecule has 1 aromatic carbocycles. The second-order valence-electron chi connectivity index (χ2n) is 4.06. The number of hydrogen-bond acceptors (Lipinski definition) is 3. The van der Waals surface area contributed by atoms with Crippen LogP contribution in [0.25, 0.3) is 0 Å². The quantitative estimate of drug-likeness (QED) is 0.639. The van der Waals surface area contributed by atoms with Gasteiger partial charge in [-0.05, 0) is 30.5 Å². The highest BCUT2D eigenvalue weighted by molar-refractivity contribution is 5.74. The van der Waals surface area contributed by atoms with Gasteiger partial charge in [-0.3, -0.25) is 10.0 Å². The van der Waals surface area contributed by atoms with Crippen molar-refractivity contribution >= 4 is 5.91 Å². The lowest BCUT2D eigenvalue weighted by Gasteiger charge is -2.04. The summed E-state index contributed by atoms with van der Waals surface area (Å²) in [5.74, 6) is -0.641. The van der Waals surface area contributed by atoms with Gasteiger partial charge in [0.1, 0.15) is 0 Å². The molecule has 108 valence electrons. The topological polar surface area (TPSA) is 58.6 Å². The second kappa shape index (κ2) is 10.3. The van der Waals surface area contributed by atoms with Crippen LogP contribution in [-0.2, 0) is 11.2 Å². The number of carbonyl (C=O) groups excluding carboxylic acids is 1. The lowest BCUT2D eigenvalue weighted by molar-refractivity contribution is -0.129. The predicted octanol–water partition coefficient (Wildman–Crippen LogP) is 3.08. The molecule has 0 aliphatic rings. The van der Waals surface area contributed by atoms with Crippen LogP contribution in [0.15, 0.2) is 18.2 Å². The van der Waals surface area contributed by atoms with Crippen LogP contribution < -0.4 is 10.2 Å². The minimum atomic E-state index is -0.436. The van der Waals surface area contributed by atoms with Crippen LogP contribution in [0.2, 0.25) is 0 Å². The number of methoxy groups -OCH3 is 1. The molecule has 0 unspecified atom stereocenters. The summed E-state index contributed by atoms with van der Waals surface area (Å²) in [5, 5.41) is 8.27. The number of nitrogens with one attached hydrogen (secondary N) is 1. The van der Waals surface area contributed by atoms with Gasteiger partial charge in [0.15, 0.2) is 11.6 Å². The van der Waals surface area contributed by atoms with Crippen molar-refractivity contribution in [3.8, 4) is 5.75 Å². The average Bonchev–Trinajstić information content (AvgIpc) is 2.39. The SMILES string of the molecule is CCC.COc1ccc(CCCC(=O)NO)cc1F. The van der Waals surface area contributed by atoms with Gasteiger partial charge in [-0.25, -0.2) is 9.87 Å². The van der Waals surface area contributed by atoms with Crippen molar-refractivity contribution < 1.29 is 19.1 Å². The van der Waals surface area contributed by atoms with Gasteiger partial charge in [0.25, 0.3) is 0 Å². The molecule has 0 fully saturated rings. The molecule has 0 aliphatic carbocycles. The predicted molar refractivity (Wildman–Crippen MR) is 71.8 cm³/mol. The summed E-state index contributed by atoms with van der Waals surface area (Å²) in [6.07, 6.45) is 2.59. The summed E-state index contributed by atoms with van der Waals surface area (Å²) >= 11 is 0. The van der Waals surface area contributed by atoms with Crippen molar-refractivity contribution in [1.82, 2.24) is 5.48 Å². The molecule has 4 nitrogen and oxygen atoms in total. The van der Waals surface area contributed by atoms with Gasteiger partial charge in [0.05, 0.1) is 7.11 Å². The van der Waals surface area contributed by atoms with Crippen LogP contribution in [0.4, 0.5) is 4.39 Å². The third-order valence-electron chi connectivity index (χ3n) is 2.21. The Morgan fingerprint density at radius 1 is 1.42 bits per heavy atom. The number of ether oxygens (including phenoxy) is 1. The van der Waals surface area contributed by atoms with Crippen molar-refractivity contribution in [3.63, 3.8) is 0 Å². The maximum Gasteiger partial charge on any atom is 0.243 e. The minimum absolute atomic E-state index is 0.205. The molecule has 0 aliphatic heterocycles. The fourth-order valence-electron chi connectivity index (χ4n) is 1.37. The number of amides is 1. The van der Waals surface area contributed by atoms with Gasteiger partial charge in [-0.2, -0.15) is 0 Å². The molecule has 0 heterocycles. The molecule has 0 radical (unpaired) electrons. The zero-order valence-electron chi connectivity index (χ0n) is 11.7. The first-order valence-electron chi connectivity index (χ1n) is 6.34. The molecular weight excluding hydrogens is 249 g/mol. The highest BCUT2D eigenvalue weighted by Crippen LogP contribution is 2.18. The van der Waals surface area contributed by atoms with E-state index in [9.17, 15) is 9.18 Å². The summed E-state index contributed by atoms with van der Waals surface area (Å²) in [7, 11) is 1.41. The summed E-state index contributed by atoms with van der Waals surface area (Å²) in [5.41, 5.74) is 2.34. The van der Waals surface area contributed by atoms with Crippen LogP contribution in [0, 0.1) is 5.82 Å². The molecule has 2 N–H and O–H groups in total. The Hall–Kier alpha value is -1.62. The van der Waals surface area contributed by atoms with E-state index in [1.54, 1.807) is 17.6 Å². The molecule has 0 spiro atoms. The molecule has 0 atom stereocenters. The second-order valence-corrected chi connectivity index (χ2v) is 4.06. The monoisotopic (exact) mass is 271 g/mol. The van der Waals surface area contributed by atoms with Crippen molar-refractivity contribution in [1.29, 1.82) is 0 Å². The highest BCUT2D eigenvalue weighted by atomic mass is 19.1. The highest BCUT2D eigenvalue weighted by Gasteiger charge is 2.04. The van der Waals surface area contributed by atoms with Gasteiger partial charge < -0.3 is 4.74 Å². The Labute approximate surface area is 113 Å². The van der Waals surface area contributed by atoms with E-state index < -0.39 is 11.7 Å². The Balaban J connectivity index is 0.000000982. The van der Waals surface area contributed by atoms with E-state index >= 15 is 0 Å². The lowest BCUT2D eigenvalue weighted by Crippen LogP contribution is -2.18. The summed E-state index contributed by atoms with van der Waals surface area (Å²) in [4.78, 5) is 10.7. The van der Waals surface area contributed by atoms with Gasteiger partial charge in [-0.1, -0.05) is 26.3 Å². The third kappa shape index (κ3) is 7.41. The van der Waals surface area contributed by atoms with Crippen LogP contribution in [0.1, 0.15) is 38.7 Å². The van der Waals surface area contributed by atoms with Crippen LogP contribution in [0.5, 0.6) is 5.75 Å². The Morgan fingerprint density at radius 3 is 2.53 bits per heavy atom. The zero-order chi connectivity index (χ0) is 14.7. The lowest BCUT2D eigenvalue weighted by atomic mass is 10.1. The zero-order valence-corrected chi connectivity index (χ0v) is 11.7. The number of halogens is 1. The van der Waals surface area contributed by atoms with Gasteiger partial charge in [0.2, 0.25) is 5.91 Å². The van der Waals surface area contributed by atoms with Gasteiger partial charge in [0, 0.05) is 6.42 Å². The summed E-state index contributed by atoms with van der Waals surface area (Å²) in [6, 6.07) is 4.69. The molecule has 1 rings (SSSR count). The standard InChI is InChI=1S/C11H14FNO3.C3H8/c1-16-10-6-5-8(7-9(10)12)3-2-4-11(14)13-15;1-3-2/h5-7,15H,2-4H2,1H3,(H,13,14);3H2,1-2H3. The largest absolute Gasteiger partial charge is 0.494 e. The van der Waals surface area contributed by atoms with Crippen LogP contribution in [-0.4, -0.2) is 18.2 Å². The Morgan fingerprint density at radius 2 is 2.05 bits per heavy atom. The Bertz CT molecular complexity index is 383. The van der Waals surface area contributed by atoms with Crippen LogP contribution >= 0.6 is 0 Å². The van der Waals surface area contributed by atoms with E-state index in [4.69, 9.17) is 9.94 Å². The molecule has 0 saturated carbocycles. The maximum absolute atomic E-state index is 13.3. The van der Waals surface area contributed by atoms with E-state index in [-0.39, 0.29) is 12.2 Å². The van der Waals surface area contributed by atoms with Crippen molar-refractivity contribution in [2.45, 2.75) is 39.5 Å². The molecule has 0 aromatic heterocycles. The molecule has 0 saturated heterocycles. The number of carbonyl (C=O) groups is 1. The fourth-order valence-corrected chi connectivity index (χ4v) is 1.37. The van der Waals surface area contributed by atoms with Crippen LogP contribution in [0.3, 0.4) is 0 Å². The van der Waals surface area contributed by atoms with E-state index in [0.29, 0.717) is 12.8 Å². The number of hydroxylamine groups is 1. The molecule has 5 heteroatoms. The number of aryl methyl sites for hydroxylation is 1. The van der Waals surface area contributed by atoms with E-state index in [1.165, 1.54) is 19.6 Å². The van der Waals surface area contributed by atoms with Crippen molar-refractivity contribution in [2.24, 2.45) is 0 Å². The smallest absolute Gasteiger partial charge is 0.243 e. The number of rotatable bonds is 5. The summed E-state index contributed by atoms with van der Waals surface area (Å²) < 4.78 is 18.0. The van der Waals surface area contributed by atoms with E-state index in [1.807, 2.05) is 0 Å². The van der Waals surface area contributed by atoms with Gasteiger partial charge in [-0.15, -0.1) is 0 Å². The Kier molecular flexibility index (Phi) is 9.44. The summed E-state index contributed by atoms with van der Waals surface area (Å²) in [6.45, 7) is 4.25. The first-order chi connectivity index (χ1) is 9.08. The molecule has 1 amide bonds. The third-order valence-corrected chi connectivity index (χ3v) is 2.21. The number of benzene rings is 1. The number of hydrogen-bond donors (Lipinski definition) is 2. The fraction of sp³-hybridized carbons (Fsp3) is 0.500. The van der Waals surface area contributed by atoms with Crippen molar-refractivity contribution in [2.75, 3.05) is 7.11 Å². The van der Waals surface area contributed by atoms with E-state index in [0.717, 1.165) is 5.56 Å². The average molecular weight is 271 g/mol. The van der Waals surface area contributed by atoms with E-state index in [2.05, 4.69) is 13.8 Å². The maximum atomic E-state index is 13.3. The van der Waals surface area contributed by atoms with Crippen molar-refractivity contribution in [3.05, 3.63) is 29.6 Å². The molecular formula is C14H22FNO3. The molecule has 0 bridgehead atoms.